The third-order valence-corrected chi connectivity index (χ3v) is 4.02. The highest BCUT2D eigenvalue weighted by atomic mass is 16.5. The lowest BCUT2D eigenvalue weighted by molar-refractivity contribution is 0.0124. The highest BCUT2D eigenvalue weighted by Crippen LogP contribution is 2.24. The van der Waals surface area contributed by atoms with E-state index in [2.05, 4.69) is 4.90 Å². The van der Waals surface area contributed by atoms with Gasteiger partial charge in [0.25, 0.3) is 0 Å². The van der Waals surface area contributed by atoms with E-state index in [1.54, 1.807) is 14.0 Å². The average molecular weight is 291 g/mol. The molecule has 0 spiro atoms. The Bertz CT molecular complexity index is 479. The Balaban J connectivity index is 2.02. The summed E-state index contributed by atoms with van der Waals surface area (Å²) in [5, 5.41) is 0. The van der Waals surface area contributed by atoms with Gasteiger partial charge in [0.2, 0.25) is 0 Å². The van der Waals surface area contributed by atoms with Gasteiger partial charge in [-0.1, -0.05) is 0 Å². The molecular weight excluding hydrogens is 266 g/mol. The Hall–Kier alpha value is -1.39. The molecule has 1 fully saturated rings. The fraction of sp³-hybridized carbons (Fsp3) is 0.588. The quantitative estimate of drug-likeness (QED) is 0.755. The summed E-state index contributed by atoms with van der Waals surface area (Å²) < 4.78 is 11.1. The van der Waals surface area contributed by atoms with E-state index in [0.717, 1.165) is 56.0 Å². The van der Waals surface area contributed by atoms with Crippen LogP contribution in [0.4, 0.5) is 0 Å². The predicted molar refractivity (Wildman–Crippen MR) is 82.9 cm³/mol. The number of Topliss-reactive ketones (excluding diaryl/α,β-unsaturated/α-hetero) is 1. The smallest absolute Gasteiger partial charge is 0.159 e. The minimum absolute atomic E-state index is 0.0916. The van der Waals surface area contributed by atoms with Gasteiger partial charge < -0.3 is 9.47 Å². The maximum Gasteiger partial charge on any atom is 0.159 e. The zero-order valence-corrected chi connectivity index (χ0v) is 13.2. The Morgan fingerprint density at radius 2 is 2.05 bits per heavy atom. The number of methoxy groups -OCH3 is 1. The highest BCUT2D eigenvalue weighted by Gasteiger charge is 2.20. The van der Waals surface area contributed by atoms with Gasteiger partial charge in [0.1, 0.15) is 5.75 Å². The van der Waals surface area contributed by atoms with Gasteiger partial charge in [0.05, 0.1) is 13.2 Å². The van der Waals surface area contributed by atoms with Crippen molar-refractivity contribution in [3.05, 3.63) is 29.3 Å². The number of ketones is 1. The monoisotopic (exact) mass is 291 g/mol. The van der Waals surface area contributed by atoms with Crippen molar-refractivity contribution in [3.63, 3.8) is 0 Å². The maximum absolute atomic E-state index is 11.5. The van der Waals surface area contributed by atoms with Crippen LogP contribution in [0, 0.1) is 0 Å². The fourth-order valence-corrected chi connectivity index (χ4v) is 2.83. The molecule has 1 aliphatic heterocycles. The van der Waals surface area contributed by atoms with E-state index in [9.17, 15) is 4.79 Å². The molecule has 0 saturated carbocycles. The van der Waals surface area contributed by atoms with E-state index in [0.29, 0.717) is 6.10 Å². The van der Waals surface area contributed by atoms with Gasteiger partial charge in [0, 0.05) is 37.4 Å². The number of hydrogen-bond acceptors (Lipinski definition) is 4. The molecule has 0 N–H and O–H groups in total. The molecule has 1 saturated heterocycles. The van der Waals surface area contributed by atoms with Crippen LogP contribution in [-0.4, -0.2) is 43.6 Å². The lowest BCUT2D eigenvalue weighted by Gasteiger charge is -2.32. The number of piperidine rings is 1. The standard InChI is InChI=1S/C17H25NO3/c1-4-21-16-7-9-18(10-8-16)12-15-11-14(13(2)19)5-6-17(15)20-3/h5-6,11,16H,4,7-10,12H2,1-3H3. The van der Waals surface area contributed by atoms with E-state index < -0.39 is 0 Å². The van der Waals surface area contributed by atoms with Crippen LogP contribution in [-0.2, 0) is 11.3 Å². The number of nitrogens with zero attached hydrogens (tertiary/aromatic N) is 1. The second-order valence-electron chi connectivity index (χ2n) is 5.51. The molecule has 4 heteroatoms. The molecule has 0 bridgehead atoms. The third-order valence-electron chi connectivity index (χ3n) is 4.02. The molecule has 1 aliphatic rings. The molecule has 1 heterocycles. The minimum Gasteiger partial charge on any atom is -0.496 e. The van der Waals surface area contributed by atoms with Crippen molar-refractivity contribution in [2.75, 3.05) is 26.8 Å². The van der Waals surface area contributed by atoms with Gasteiger partial charge in [-0.05, 0) is 44.9 Å². The summed E-state index contributed by atoms with van der Waals surface area (Å²) in [4.78, 5) is 13.9. The molecule has 1 aromatic rings. The zero-order valence-electron chi connectivity index (χ0n) is 13.2. The topological polar surface area (TPSA) is 38.8 Å². The summed E-state index contributed by atoms with van der Waals surface area (Å²) >= 11 is 0. The average Bonchev–Trinajstić information content (AvgIpc) is 2.49. The van der Waals surface area contributed by atoms with Crippen LogP contribution >= 0.6 is 0 Å². The molecule has 0 atom stereocenters. The van der Waals surface area contributed by atoms with E-state index in [1.165, 1.54) is 0 Å². The van der Waals surface area contributed by atoms with Crippen LogP contribution in [0.5, 0.6) is 5.75 Å². The predicted octanol–water partition coefficient (Wildman–Crippen LogP) is 2.90. The summed E-state index contributed by atoms with van der Waals surface area (Å²) in [6.45, 7) is 7.31. The van der Waals surface area contributed by atoms with E-state index >= 15 is 0 Å². The molecule has 116 valence electrons. The number of hydrogen-bond donors (Lipinski definition) is 0. The van der Waals surface area contributed by atoms with Gasteiger partial charge in [0.15, 0.2) is 5.78 Å². The van der Waals surface area contributed by atoms with Gasteiger partial charge in [-0.3, -0.25) is 9.69 Å². The first kappa shape index (κ1) is 16.0. The number of likely N-dealkylation sites (tertiary alicyclic amines) is 1. The van der Waals surface area contributed by atoms with Gasteiger partial charge in [-0.2, -0.15) is 0 Å². The molecule has 0 amide bonds. The molecule has 1 aromatic carbocycles. The van der Waals surface area contributed by atoms with Crippen molar-refractivity contribution in [2.45, 2.75) is 39.3 Å². The van der Waals surface area contributed by atoms with Gasteiger partial charge in [-0.15, -0.1) is 0 Å². The zero-order chi connectivity index (χ0) is 15.2. The number of rotatable bonds is 6. The lowest BCUT2D eigenvalue weighted by atomic mass is 10.0. The second-order valence-corrected chi connectivity index (χ2v) is 5.51. The van der Waals surface area contributed by atoms with Crippen LogP contribution in [0.15, 0.2) is 18.2 Å². The van der Waals surface area contributed by atoms with E-state index in [1.807, 2.05) is 25.1 Å². The fourth-order valence-electron chi connectivity index (χ4n) is 2.83. The summed E-state index contributed by atoms with van der Waals surface area (Å²) in [5.41, 5.74) is 1.83. The molecule has 2 rings (SSSR count). The SMILES string of the molecule is CCOC1CCN(Cc2cc(C(C)=O)ccc2OC)CC1. The molecule has 0 unspecified atom stereocenters. The number of benzene rings is 1. The summed E-state index contributed by atoms with van der Waals surface area (Å²) in [5.74, 6) is 0.945. The van der Waals surface area contributed by atoms with Crippen molar-refractivity contribution in [2.24, 2.45) is 0 Å². The second kappa shape index (κ2) is 7.57. The minimum atomic E-state index is 0.0916. The molecule has 4 nitrogen and oxygen atoms in total. The molecular formula is C17H25NO3. The number of carbonyl (C=O) groups is 1. The first-order chi connectivity index (χ1) is 10.1. The van der Waals surface area contributed by atoms with Crippen LogP contribution in [0.25, 0.3) is 0 Å². The summed E-state index contributed by atoms with van der Waals surface area (Å²) in [6.07, 6.45) is 2.54. The van der Waals surface area contributed by atoms with Crippen molar-refractivity contribution in [3.8, 4) is 5.75 Å². The van der Waals surface area contributed by atoms with Crippen LogP contribution in [0.3, 0.4) is 0 Å². The Morgan fingerprint density at radius 1 is 1.33 bits per heavy atom. The van der Waals surface area contributed by atoms with Crippen molar-refractivity contribution >= 4 is 5.78 Å². The van der Waals surface area contributed by atoms with Crippen LogP contribution < -0.4 is 4.74 Å². The van der Waals surface area contributed by atoms with Crippen LogP contribution in [0.2, 0.25) is 0 Å². The highest BCUT2D eigenvalue weighted by molar-refractivity contribution is 5.94. The van der Waals surface area contributed by atoms with Gasteiger partial charge >= 0.3 is 0 Å². The van der Waals surface area contributed by atoms with E-state index in [4.69, 9.17) is 9.47 Å². The maximum atomic E-state index is 11.5. The van der Waals surface area contributed by atoms with Crippen molar-refractivity contribution in [1.82, 2.24) is 4.90 Å². The number of carbonyl (C=O) groups excluding carboxylic acids is 1. The molecule has 21 heavy (non-hydrogen) atoms. The summed E-state index contributed by atoms with van der Waals surface area (Å²) in [7, 11) is 1.67. The first-order valence-corrected chi connectivity index (χ1v) is 7.65. The summed E-state index contributed by atoms with van der Waals surface area (Å²) in [6, 6.07) is 5.67. The first-order valence-electron chi connectivity index (χ1n) is 7.65. The number of ether oxygens (including phenoxy) is 2. The van der Waals surface area contributed by atoms with Gasteiger partial charge in [-0.25, -0.2) is 0 Å². The molecule has 0 radical (unpaired) electrons. The van der Waals surface area contributed by atoms with E-state index in [-0.39, 0.29) is 5.78 Å². The largest absolute Gasteiger partial charge is 0.496 e. The Kier molecular flexibility index (Phi) is 5.76. The molecule has 0 aliphatic carbocycles. The molecule has 0 aromatic heterocycles. The Labute approximate surface area is 127 Å². The van der Waals surface area contributed by atoms with Crippen LogP contribution in [0.1, 0.15) is 42.6 Å². The Morgan fingerprint density at radius 3 is 2.62 bits per heavy atom. The van der Waals surface area contributed by atoms with Crippen molar-refractivity contribution in [1.29, 1.82) is 0 Å². The van der Waals surface area contributed by atoms with Crippen molar-refractivity contribution < 1.29 is 14.3 Å². The lowest BCUT2D eigenvalue weighted by Crippen LogP contribution is -2.36. The third kappa shape index (κ3) is 4.29. The normalized spacial score (nSPS) is 16.9.